The van der Waals surface area contributed by atoms with Gasteiger partial charge in [0.2, 0.25) is 10.0 Å². The minimum absolute atomic E-state index is 0.159. The topological polar surface area (TPSA) is 105 Å². The highest BCUT2D eigenvalue weighted by molar-refractivity contribution is 7.88. The Balaban J connectivity index is 1.77. The van der Waals surface area contributed by atoms with Crippen molar-refractivity contribution in [3.8, 4) is 5.75 Å². The molecule has 1 aromatic rings. The molecule has 138 valence electrons. The van der Waals surface area contributed by atoms with Crippen LogP contribution in [0.3, 0.4) is 0 Å². The van der Waals surface area contributed by atoms with E-state index >= 15 is 0 Å². The van der Waals surface area contributed by atoms with Gasteiger partial charge in [-0.05, 0) is 30.9 Å². The number of hydrogen-bond donors (Lipinski definition) is 2. The van der Waals surface area contributed by atoms with Gasteiger partial charge in [-0.3, -0.25) is 9.59 Å². The molecule has 0 spiro atoms. The van der Waals surface area contributed by atoms with Crippen LogP contribution >= 0.6 is 0 Å². The second-order valence-electron chi connectivity index (χ2n) is 6.00. The highest BCUT2D eigenvalue weighted by Gasteiger charge is 2.25. The maximum atomic E-state index is 11.9. The van der Waals surface area contributed by atoms with E-state index in [1.807, 2.05) is 0 Å². The second kappa shape index (κ2) is 8.30. The summed E-state index contributed by atoms with van der Waals surface area (Å²) in [6, 6.07) is 6.72. The fourth-order valence-corrected chi connectivity index (χ4v) is 3.53. The number of nitrogens with one attached hydrogen (secondary N) is 2. The van der Waals surface area contributed by atoms with Crippen LogP contribution in [0.4, 0.5) is 5.69 Å². The lowest BCUT2D eigenvalue weighted by Crippen LogP contribution is -2.43. The molecule has 0 aliphatic carbocycles. The Kier molecular flexibility index (Phi) is 6.38. The van der Waals surface area contributed by atoms with E-state index < -0.39 is 21.8 Å². The molecule has 0 atom stereocenters. The Morgan fingerprint density at radius 1 is 1.24 bits per heavy atom. The second-order valence-corrected chi connectivity index (χ2v) is 7.98. The van der Waals surface area contributed by atoms with Crippen molar-refractivity contribution in [1.82, 2.24) is 9.62 Å². The summed E-state index contributed by atoms with van der Waals surface area (Å²) in [7, 11) is -1.65. The summed E-state index contributed by atoms with van der Waals surface area (Å²) in [5.74, 6) is -0.724. The smallest absolute Gasteiger partial charge is 0.313 e. The number of rotatable bonds is 5. The summed E-state index contributed by atoms with van der Waals surface area (Å²) < 4.78 is 29.4. The van der Waals surface area contributed by atoms with Crippen LogP contribution < -0.4 is 15.4 Å². The van der Waals surface area contributed by atoms with Crippen molar-refractivity contribution in [2.45, 2.75) is 12.8 Å². The van der Waals surface area contributed by atoms with E-state index in [1.165, 1.54) is 17.7 Å². The molecular weight excluding hydrogens is 346 g/mol. The van der Waals surface area contributed by atoms with E-state index in [9.17, 15) is 18.0 Å². The van der Waals surface area contributed by atoms with Gasteiger partial charge in [-0.1, -0.05) is 6.07 Å². The molecule has 1 aliphatic rings. The molecule has 2 amide bonds. The summed E-state index contributed by atoms with van der Waals surface area (Å²) in [4.78, 5) is 23.8. The third-order valence-corrected chi connectivity index (χ3v) is 5.43. The monoisotopic (exact) mass is 369 g/mol. The minimum Gasteiger partial charge on any atom is -0.497 e. The number of sulfonamides is 1. The molecule has 25 heavy (non-hydrogen) atoms. The van der Waals surface area contributed by atoms with E-state index in [0.29, 0.717) is 43.9 Å². The lowest BCUT2D eigenvalue weighted by molar-refractivity contribution is -0.136. The van der Waals surface area contributed by atoms with E-state index in [0.717, 1.165) is 0 Å². The predicted octanol–water partition coefficient (Wildman–Crippen LogP) is 0.422. The molecule has 2 rings (SSSR count). The third kappa shape index (κ3) is 5.71. The Labute approximate surface area is 147 Å². The molecule has 0 bridgehead atoms. The lowest BCUT2D eigenvalue weighted by Gasteiger charge is -2.30. The van der Waals surface area contributed by atoms with Crippen molar-refractivity contribution in [2.75, 3.05) is 38.3 Å². The van der Waals surface area contributed by atoms with Gasteiger partial charge in [0.15, 0.2) is 0 Å². The molecule has 2 N–H and O–H groups in total. The van der Waals surface area contributed by atoms with Crippen LogP contribution in [0.15, 0.2) is 24.3 Å². The lowest BCUT2D eigenvalue weighted by atomic mass is 9.98. The predicted molar refractivity (Wildman–Crippen MR) is 93.8 cm³/mol. The highest BCUT2D eigenvalue weighted by Crippen LogP contribution is 2.18. The van der Waals surface area contributed by atoms with Gasteiger partial charge in [0, 0.05) is 31.4 Å². The molecule has 1 aliphatic heterocycles. The number of ether oxygens (including phenoxy) is 1. The van der Waals surface area contributed by atoms with Crippen molar-refractivity contribution < 1.29 is 22.7 Å². The van der Waals surface area contributed by atoms with Gasteiger partial charge >= 0.3 is 11.8 Å². The van der Waals surface area contributed by atoms with Crippen LogP contribution in [-0.4, -0.2) is 57.5 Å². The highest BCUT2D eigenvalue weighted by atomic mass is 32.2. The summed E-state index contributed by atoms with van der Waals surface area (Å²) in [6.45, 7) is 1.23. The molecule has 1 heterocycles. The number of nitrogens with zero attached hydrogens (tertiary/aromatic N) is 1. The standard InChI is InChI=1S/C16H23N3O5S/c1-24-14-5-3-4-13(10-14)18-16(21)15(20)17-11-12-6-8-19(9-7-12)25(2,22)23/h3-5,10,12H,6-9,11H2,1-2H3,(H,17,20)(H,18,21). The molecule has 0 radical (unpaired) electrons. The number of carbonyl (C=O) groups excluding carboxylic acids is 2. The average molecular weight is 369 g/mol. The average Bonchev–Trinajstić information content (AvgIpc) is 2.59. The van der Waals surface area contributed by atoms with Crippen molar-refractivity contribution in [2.24, 2.45) is 5.92 Å². The Hall–Kier alpha value is -2.13. The Morgan fingerprint density at radius 3 is 2.52 bits per heavy atom. The summed E-state index contributed by atoms with van der Waals surface area (Å²) in [5.41, 5.74) is 0.473. The van der Waals surface area contributed by atoms with E-state index in [2.05, 4.69) is 10.6 Å². The van der Waals surface area contributed by atoms with Crippen LogP contribution in [0.1, 0.15) is 12.8 Å². The van der Waals surface area contributed by atoms with Crippen molar-refractivity contribution >= 4 is 27.5 Å². The van der Waals surface area contributed by atoms with Gasteiger partial charge < -0.3 is 15.4 Å². The quantitative estimate of drug-likeness (QED) is 0.732. The number of hydrogen-bond acceptors (Lipinski definition) is 5. The molecule has 1 saturated heterocycles. The van der Waals surface area contributed by atoms with Crippen LogP contribution in [0.5, 0.6) is 5.75 Å². The van der Waals surface area contributed by atoms with Crippen LogP contribution in [-0.2, 0) is 19.6 Å². The number of amides is 2. The molecule has 1 fully saturated rings. The molecule has 0 unspecified atom stereocenters. The fraction of sp³-hybridized carbons (Fsp3) is 0.500. The molecular formula is C16H23N3O5S. The summed E-state index contributed by atoms with van der Waals surface area (Å²) >= 11 is 0. The number of methoxy groups -OCH3 is 1. The molecule has 9 heteroatoms. The molecule has 8 nitrogen and oxygen atoms in total. The zero-order chi connectivity index (χ0) is 18.4. The number of carbonyl (C=O) groups is 2. The van der Waals surface area contributed by atoms with E-state index in [1.54, 1.807) is 24.3 Å². The maximum Gasteiger partial charge on any atom is 0.313 e. The molecule has 0 saturated carbocycles. The fourth-order valence-electron chi connectivity index (χ4n) is 2.65. The first-order valence-electron chi connectivity index (χ1n) is 7.98. The third-order valence-electron chi connectivity index (χ3n) is 4.13. The number of piperidine rings is 1. The number of anilines is 1. The minimum atomic E-state index is -3.16. The first kappa shape index (κ1) is 19.2. The van der Waals surface area contributed by atoms with Gasteiger partial charge in [0.05, 0.1) is 13.4 Å². The van der Waals surface area contributed by atoms with Gasteiger partial charge in [0.25, 0.3) is 0 Å². The Bertz CT molecular complexity index is 727. The van der Waals surface area contributed by atoms with Crippen molar-refractivity contribution in [1.29, 1.82) is 0 Å². The van der Waals surface area contributed by atoms with Crippen molar-refractivity contribution in [3.63, 3.8) is 0 Å². The largest absolute Gasteiger partial charge is 0.497 e. The molecule has 0 aromatic heterocycles. The maximum absolute atomic E-state index is 11.9. The zero-order valence-electron chi connectivity index (χ0n) is 14.3. The SMILES string of the molecule is COc1cccc(NC(=O)C(=O)NCC2CCN(S(C)(=O)=O)CC2)c1. The van der Waals surface area contributed by atoms with Crippen LogP contribution in [0.2, 0.25) is 0 Å². The molecule has 1 aromatic carbocycles. The van der Waals surface area contributed by atoms with Gasteiger partial charge in [-0.15, -0.1) is 0 Å². The number of benzene rings is 1. The van der Waals surface area contributed by atoms with Crippen molar-refractivity contribution in [3.05, 3.63) is 24.3 Å². The van der Waals surface area contributed by atoms with Gasteiger partial charge in [-0.25, -0.2) is 12.7 Å². The van der Waals surface area contributed by atoms with Gasteiger partial charge in [-0.2, -0.15) is 0 Å². The Morgan fingerprint density at radius 2 is 1.92 bits per heavy atom. The first-order chi connectivity index (χ1) is 11.8. The van der Waals surface area contributed by atoms with Gasteiger partial charge in [0.1, 0.15) is 5.75 Å². The van der Waals surface area contributed by atoms with E-state index in [4.69, 9.17) is 4.74 Å². The first-order valence-corrected chi connectivity index (χ1v) is 9.83. The van der Waals surface area contributed by atoms with Crippen LogP contribution in [0.25, 0.3) is 0 Å². The normalized spacial score (nSPS) is 16.2. The summed E-state index contributed by atoms with van der Waals surface area (Å²) in [5, 5.41) is 5.12. The zero-order valence-corrected chi connectivity index (χ0v) is 15.1. The van der Waals surface area contributed by atoms with E-state index in [-0.39, 0.29) is 5.92 Å². The summed E-state index contributed by atoms with van der Waals surface area (Å²) in [6.07, 6.45) is 2.51. The van der Waals surface area contributed by atoms with Crippen LogP contribution in [0, 0.1) is 5.92 Å².